The molecule has 2 aromatic carbocycles. The van der Waals surface area contributed by atoms with Crippen molar-refractivity contribution < 1.29 is 14.0 Å². The Hall–Kier alpha value is -3.58. The molecule has 2 amide bonds. The van der Waals surface area contributed by atoms with Crippen molar-refractivity contribution in [2.75, 3.05) is 4.90 Å². The average Bonchev–Trinajstić information content (AvgIpc) is 3.18. The molecule has 0 N–H and O–H groups in total. The SMILES string of the molecule is Cc1cccc(-n2nc(C)c3c4c(cnc32)C(=O)N(c2ccc(F)c(Cl)c2)C4=O)c1. The molecule has 8 heteroatoms. The number of benzene rings is 2. The number of rotatable bonds is 2. The predicted molar refractivity (Wildman–Crippen MR) is 111 cm³/mol. The molecule has 6 nitrogen and oxygen atoms in total. The highest BCUT2D eigenvalue weighted by Gasteiger charge is 2.40. The summed E-state index contributed by atoms with van der Waals surface area (Å²) in [6.45, 7) is 3.74. The number of amides is 2. The van der Waals surface area contributed by atoms with E-state index in [-0.39, 0.29) is 21.8 Å². The van der Waals surface area contributed by atoms with Gasteiger partial charge in [0.05, 0.1) is 38.6 Å². The Labute approximate surface area is 175 Å². The second kappa shape index (κ2) is 6.47. The van der Waals surface area contributed by atoms with Crippen molar-refractivity contribution in [1.29, 1.82) is 0 Å². The third-order valence-corrected chi connectivity index (χ3v) is 5.42. The summed E-state index contributed by atoms with van der Waals surface area (Å²) < 4.78 is 15.2. The van der Waals surface area contributed by atoms with Crippen LogP contribution in [0.2, 0.25) is 5.02 Å². The minimum atomic E-state index is -0.628. The molecule has 148 valence electrons. The summed E-state index contributed by atoms with van der Waals surface area (Å²) >= 11 is 5.85. The molecule has 0 saturated heterocycles. The molecule has 1 aliphatic heterocycles. The van der Waals surface area contributed by atoms with Gasteiger partial charge in [-0.3, -0.25) is 9.59 Å². The van der Waals surface area contributed by atoms with Crippen LogP contribution in [0.4, 0.5) is 10.1 Å². The van der Waals surface area contributed by atoms with Crippen molar-refractivity contribution in [3.63, 3.8) is 0 Å². The maximum atomic E-state index is 13.6. The number of aromatic nitrogens is 3. The van der Waals surface area contributed by atoms with Gasteiger partial charge in [0.1, 0.15) is 5.82 Å². The molecule has 0 unspecified atom stereocenters. The van der Waals surface area contributed by atoms with E-state index < -0.39 is 17.6 Å². The number of imide groups is 1. The highest BCUT2D eigenvalue weighted by molar-refractivity contribution is 6.38. The number of nitrogens with zero attached hydrogens (tertiary/aromatic N) is 4. The minimum Gasteiger partial charge on any atom is -0.268 e. The molecule has 0 saturated carbocycles. The van der Waals surface area contributed by atoms with Gasteiger partial charge in [-0.25, -0.2) is 19.0 Å². The van der Waals surface area contributed by atoms with E-state index >= 15 is 0 Å². The van der Waals surface area contributed by atoms with E-state index in [0.717, 1.165) is 22.2 Å². The molecule has 0 bridgehead atoms. The Morgan fingerprint density at radius 2 is 1.80 bits per heavy atom. The molecule has 4 aromatic rings. The van der Waals surface area contributed by atoms with Crippen LogP contribution in [0.25, 0.3) is 16.7 Å². The number of carbonyl (C=O) groups is 2. The molecule has 3 heterocycles. The smallest absolute Gasteiger partial charge is 0.267 e. The van der Waals surface area contributed by atoms with Gasteiger partial charge < -0.3 is 0 Å². The van der Waals surface area contributed by atoms with Crippen LogP contribution in [0.5, 0.6) is 0 Å². The topological polar surface area (TPSA) is 68.1 Å². The second-order valence-electron chi connectivity index (χ2n) is 7.13. The lowest BCUT2D eigenvalue weighted by atomic mass is 10.1. The Balaban J connectivity index is 1.71. The Morgan fingerprint density at radius 1 is 1.00 bits per heavy atom. The molecule has 0 atom stereocenters. The van der Waals surface area contributed by atoms with Crippen molar-refractivity contribution in [2.45, 2.75) is 13.8 Å². The number of carbonyl (C=O) groups excluding carboxylic acids is 2. The van der Waals surface area contributed by atoms with E-state index in [4.69, 9.17) is 11.6 Å². The van der Waals surface area contributed by atoms with Crippen LogP contribution in [0.15, 0.2) is 48.7 Å². The molecule has 0 fully saturated rings. The molecule has 0 aliphatic carbocycles. The lowest BCUT2D eigenvalue weighted by Crippen LogP contribution is -2.29. The first-order chi connectivity index (χ1) is 14.4. The molecule has 5 rings (SSSR count). The number of aryl methyl sites for hydroxylation is 2. The van der Waals surface area contributed by atoms with Crippen LogP contribution in [0.1, 0.15) is 32.0 Å². The van der Waals surface area contributed by atoms with Gasteiger partial charge in [0, 0.05) is 6.20 Å². The predicted octanol–water partition coefficient (Wildman–Crippen LogP) is 4.63. The number of anilines is 1. The van der Waals surface area contributed by atoms with E-state index in [0.29, 0.717) is 16.7 Å². The van der Waals surface area contributed by atoms with Gasteiger partial charge in [0.15, 0.2) is 5.65 Å². The zero-order chi connectivity index (χ0) is 21.2. The molecule has 30 heavy (non-hydrogen) atoms. The first-order valence-electron chi connectivity index (χ1n) is 9.16. The van der Waals surface area contributed by atoms with Crippen LogP contribution in [-0.2, 0) is 0 Å². The average molecular weight is 421 g/mol. The normalized spacial score (nSPS) is 13.4. The summed E-state index contributed by atoms with van der Waals surface area (Å²) in [4.78, 5) is 31.7. The lowest BCUT2D eigenvalue weighted by Gasteiger charge is -2.14. The van der Waals surface area contributed by atoms with Gasteiger partial charge in [0.25, 0.3) is 11.8 Å². The van der Waals surface area contributed by atoms with Gasteiger partial charge in [-0.05, 0) is 49.7 Å². The number of hydrogen-bond donors (Lipinski definition) is 0. The van der Waals surface area contributed by atoms with Gasteiger partial charge in [-0.1, -0.05) is 23.7 Å². The largest absolute Gasteiger partial charge is 0.268 e. The number of pyridine rings is 1. The van der Waals surface area contributed by atoms with Crippen molar-refractivity contribution in [3.05, 3.63) is 81.9 Å². The number of fused-ring (bicyclic) bond motifs is 3. The number of hydrogen-bond acceptors (Lipinski definition) is 4. The maximum Gasteiger partial charge on any atom is 0.267 e. The quantitative estimate of drug-likeness (QED) is 0.443. The van der Waals surface area contributed by atoms with Crippen molar-refractivity contribution >= 4 is 40.1 Å². The Bertz CT molecular complexity index is 1400. The molecule has 0 radical (unpaired) electrons. The summed E-state index contributed by atoms with van der Waals surface area (Å²) in [5.74, 6) is -1.68. The van der Waals surface area contributed by atoms with Gasteiger partial charge in [0.2, 0.25) is 0 Å². The van der Waals surface area contributed by atoms with Gasteiger partial charge >= 0.3 is 0 Å². The standard InChI is InChI=1S/C22H14ClFN4O2/c1-11-4-3-5-14(8-11)28-20-18(12(2)26-28)19-15(10-25-20)21(29)27(22(19)30)13-6-7-17(24)16(23)9-13/h3-10H,1-2H3. The summed E-state index contributed by atoms with van der Waals surface area (Å²) in [5.41, 5.74) is 3.54. The fourth-order valence-corrected chi connectivity index (χ4v) is 3.93. The van der Waals surface area contributed by atoms with Crippen molar-refractivity contribution in [1.82, 2.24) is 14.8 Å². The highest BCUT2D eigenvalue weighted by atomic mass is 35.5. The van der Waals surface area contributed by atoms with E-state index in [9.17, 15) is 14.0 Å². The third kappa shape index (κ3) is 2.55. The zero-order valence-electron chi connectivity index (χ0n) is 16.0. The van der Waals surface area contributed by atoms with E-state index in [1.807, 2.05) is 31.2 Å². The molecule has 1 aliphatic rings. The van der Waals surface area contributed by atoms with Crippen molar-refractivity contribution in [2.24, 2.45) is 0 Å². The number of halogens is 2. The lowest BCUT2D eigenvalue weighted by molar-refractivity contribution is 0.0926. The van der Waals surface area contributed by atoms with Gasteiger partial charge in [-0.2, -0.15) is 5.10 Å². The van der Waals surface area contributed by atoms with Gasteiger partial charge in [-0.15, -0.1) is 0 Å². The summed E-state index contributed by atoms with van der Waals surface area (Å²) in [5, 5.41) is 4.91. The van der Waals surface area contributed by atoms with Crippen LogP contribution in [-0.4, -0.2) is 26.6 Å². The van der Waals surface area contributed by atoms with Crippen LogP contribution >= 0.6 is 11.6 Å². The molecular formula is C22H14ClFN4O2. The van der Waals surface area contributed by atoms with Crippen LogP contribution < -0.4 is 4.90 Å². The van der Waals surface area contributed by atoms with Crippen molar-refractivity contribution in [3.8, 4) is 5.69 Å². The fourth-order valence-electron chi connectivity index (χ4n) is 3.76. The minimum absolute atomic E-state index is 0.171. The third-order valence-electron chi connectivity index (χ3n) is 5.13. The van der Waals surface area contributed by atoms with E-state index in [2.05, 4.69) is 10.1 Å². The maximum absolute atomic E-state index is 13.6. The first kappa shape index (κ1) is 18.4. The van der Waals surface area contributed by atoms with Crippen LogP contribution in [0, 0.1) is 19.7 Å². The Morgan fingerprint density at radius 3 is 2.53 bits per heavy atom. The van der Waals surface area contributed by atoms with E-state index in [1.165, 1.54) is 18.3 Å². The first-order valence-corrected chi connectivity index (χ1v) is 9.54. The highest BCUT2D eigenvalue weighted by Crippen LogP contribution is 2.35. The summed E-state index contributed by atoms with van der Waals surface area (Å²) in [6.07, 6.45) is 1.39. The van der Waals surface area contributed by atoms with Crippen LogP contribution in [0.3, 0.4) is 0 Å². The molecule has 2 aromatic heterocycles. The second-order valence-corrected chi connectivity index (χ2v) is 7.53. The van der Waals surface area contributed by atoms with E-state index in [1.54, 1.807) is 11.6 Å². The zero-order valence-corrected chi connectivity index (χ0v) is 16.7. The fraction of sp³-hybridized carbons (Fsp3) is 0.0909. The molecule has 0 spiro atoms. The molecular weight excluding hydrogens is 407 g/mol. The Kier molecular flexibility index (Phi) is 3.98. The summed E-state index contributed by atoms with van der Waals surface area (Å²) in [7, 11) is 0. The monoisotopic (exact) mass is 420 g/mol. The summed E-state index contributed by atoms with van der Waals surface area (Å²) in [6, 6.07) is 11.5.